The molecule has 0 fully saturated rings. The molecule has 0 spiro atoms. The van der Waals surface area contributed by atoms with Gasteiger partial charge in [-0.1, -0.05) is 18.2 Å². The van der Waals surface area contributed by atoms with Crippen molar-refractivity contribution in [3.05, 3.63) is 71.9 Å². The van der Waals surface area contributed by atoms with Crippen LogP contribution in [0.1, 0.15) is 22.8 Å². The topological polar surface area (TPSA) is 63.7 Å². The molecule has 6 nitrogen and oxygen atoms in total. The van der Waals surface area contributed by atoms with Crippen LogP contribution in [-0.4, -0.2) is 31.2 Å². The summed E-state index contributed by atoms with van der Waals surface area (Å²) in [6.07, 6.45) is 2.80. The highest BCUT2D eigenvalue weighted by molar-refractivity contribution is 6.04. The van der Waals surface area contributed by atoms with Gasteiger partial charge in [-0.15, -0.1) is 0 Å². The zero-order valence-electron chi connectivity index (χ0n) is 16.7. The number of rotatable bonds is 5. The molecule has 0 bridgehead atoms. The summed E-state index contributed by atoms with van der Waals surface area (Å²) in [5.41, 5.74) is 3.99. The highest BCUT2D eigenvalue weighted by atomic mass is 16.5. The summed E-state index contributed by atoms with van der Waals surface area (Å²) in [7, 11) is 3.10. The molecule has 1 atom stereocenters. The lowest BCUT2D eigenvalue weighted by molar-refractivity contribution is 0.102. The summed E-state index contributed by atoms with van der Waals surface area (Å²) in [5.74, 6) is 1.32. The van der Waals surface area contributed by atoms with E-state index in [2.05, 4.69) is 40.3 Å². The second-order valence-electron chi connectivity index (χ2n) is 7.01. The Bertz CT molecular complexity index is 1010. The Morgan fingerprint density at radius 2 is 1.79 bits per heavy atom. The van der Waals surface area contributed by atoms with Gasteiger partial charge in [-0.3, -0.25) is 4.79 Å². The van der Waals surface area contributed by atoms with Crippen LogP contribution in [0.15, 0.2) is 60.8 Å². The minimum atomic E-state index is -0.276. The molecule has 29 heavy (non-hydrogen) atoms. The zero-order chi connectivity index (χ0) is 20.4. The highest BCUT2D eigenvalue weighted by Crippen LogP contribution is 2.37. The predicted octanol–water partition coefficient (Wildman–Crippen LogP) is 4.43. The molecule has 4 rings (SSSR count). The number of carbonyl (C=O) groups excluding carboxylic acids is 1. The molecule has 0 saturated heterocycles. The third-order valence-corrected chi connectivity index (χ3v) is 5.09. The fourth-order valence-electron chi connectivity index (χ4n) is 3.69. The van der Waals surface area contributed by atoms with E-state index in [4.69, 9.17) is 9.47 Å². The number of para-hydroxylation sites is 1. The number of anilines is 3. The number of carbonyl (C=O) groups is 1. The number of nitrogens with one attached hydrogen (secondary N) is 1. The number of benzene rings is 2. The molecule has 0 saturated carbocycles. The van der Waals surface area contributed by atoms with Crippen molar-refractivity contribution in [3.63, 3.8) is 0 Å². The number of hydrogen-bond donors (Lipinski definition) is 1. The Morgan fingerprint density at radius 3 is 2.45 bits per heavy atom. The van der Waals surface area contributed by atoms with Crippen LogP contribution in [0, 0.1) is 0 Å². The lowest BCUT2D eigenvalue weighted by atomic mass is 10.1. The molecule has 3 aromatic rings. The number of ether oxygens (including phenoxy) is 2. The Hall–Kier alpha value is -3.54. The molecule has 1 unspecified atom stereocenters. The van der Waals surface area contributed by atoms with Crippen molar-refractivity contribution < 1.29 is 14.3 Å². The van der Waals surface area contributed by atoms with Crippen molar-refractivity contribution in [2.24, 2.45) is 0 Å². The highest BCUT2D eigenvalue weighted by Gasteiger charge is 2.26. The maximum atomic E-state index is 12.6. The number of aromatic nitrogens is 1. The van der Waals surface area contributed by atoms with E-state index in [-0.39, 0.29) is 5.91 Å². The zero-order valence-corrected chi connectivity index (χ0v) is 16.7. The summed E-state index contributed by atoms with van der Waals surface area (Å²) in [6.45, 7) is 2.20. The van der Waals surface area contributed by atoms with Gasteiger partial charge >= 0.3 is 0 Å². The lowest BCUT2D eigenvalue weighted by Gasteiger charge is -2.24. The van der Waals surface area contributed by atoms with E-state index < -0.39 is 0 Å². The number of amides is 1. The molecule has 2 aromatic carbocycles. The predicted molar refractivity (Wildman–Crippen MR) is 113 cm³/mol. The van der Waals surface area contributed by atoms with Gasteiger partial charge in [0.15, 0.2) is 0 Å². The van der Waals surface area contributed by atoms with Gasteiger partial charge < -0.3 is 19.7 Å². The first-order valence-electron chi connectivity index (χ1n) is 9.46. The quantitative estimate of drug-likeness (QED) is 0.699. The van der Waals surface area contributed by atoms with Crippen LogP contribution in [0.5, 0.6) is 11.5 Å². The maximum absolute atomic E-state index is 12.6. The summed E-state index contributed by atoms with van der Waals surface area (Å²) >= 11 is 0. The molecule has 148 valence electrons. The molecule has 6 heteroatoms. The maximum Gasteiger partial charge on any atom is 0.257 e. The monoisotopic (exact) mass is 389 g/mol. The average Bonchev–Trinajstić information content (AvgIpc) is 3.09. The van der Waals surface area contributed by atoms with E-state index in [0.717, 1.165) is 12.1 Å². The fraction of sp³-hybridized carbons (Fsp3) is 0.217. The molecule has 0 radical (unpaired) electrons. The van der Waals surface area contributed by atoms with Gasteiger partial charge in [0, 0.05) is 23.4 Å². The SMILES string of the molecule is COc1cc(OC)cc(C(=O)Nc2ccc(N3c4ccccc4CC3C)cn2)c1. The van der Waals surface area contributed by atoms with E-state index in [1.54, 1.807) is 38.6 Å². The Morgan fingerprint density at radius 1 is 1.07 bits per heavy atom. The molecule has 1 aliphatic heterocycles. The molecule has 2 heterocycles. The summed E-state index contributed by atoms with van der Waals surface area (Å²) in [5, 5.41) is 2.83. The van der Waals surface area contributed by atoms with Crippen LogP contribution in [0.25, 0.3) is 0 Å². The Balaban J connectivity index is 1.53. The average molecular weight is 389 g/mol. The minimum absolute atomic E-state index is 0.276. The van der Waals surface area contributed by atoms with E-state index in [0.29, 0.717) is 28.9 Å². The van der Waals surface area contributed by atoms with E-state index in [1.807, 2.05) is 18.2 Å². The van der Waals surface area contributed by atoms with Crippen LogP contribution >= 0.6 is 0 Å². The molecular formula is C23H23N3O3. The van der Waals surface area contributed by atoms with Gasteiger partial charge in [0.05, 0.1) is 26.1 Å². The van der Waals surface area contributed by atoms with Gasteiger partial charge in [0.25, 0.3) is 5.91 Å². The van der Waals surface area contributed by atoms with Crippen LogP contribution in [0.2, 0.25) is 0 Å². The van der Waals surface area contributed by atoms with Gasteiger partial charge in [-0.25, -0.2) is 4.98 Å². The molecule has 0 aliphatic carbocycles. The fourth-order valence-corrected chi connectivity index (χ4v) is 3.69. The minimum Gasteiger partial charge on any atom is -0.497 e. The van der Waals surface area contributed by atoms with Crippen molar-refractivity contribution >= 4 is 23.1 Å². The number of hydrogen-bond acceptors (Lipinski definition) is 5. The van der Waals surface area contributed by atoms with Crippen LogP contribution < -0.4 is 19.7 Å². The largest absolute Gasteiger partial charge is 0.497 e. The molecule has 1 amide bonds. The van der Waals surface area contributed by atoms with Crippen molar-refractivity contribution in [2.75, 3.05) is 24.4 Å². The first kappa shape index (κ1) is 18.8. The molecule has 1 N–H and O–H groups in total. The van der Waals surface area contributed by atoms with Crippen molar-refractivity contribution in [2.45, 2.75) is 19.4 Å². The van der Waals surface area contributed by atoms with Crippen LogP contribution in [0.3, 0.4) is 0 Å². The molecular weight excluding hydrogens is 366 g/mol. The van der Waals surface area contributed by atoms with E-state index in [9.17, 15) is 4.79 Å². The van der Waals surface area contributed by atoms with E-state index in [1.165, 1.54) is 11.3 Å². The van der Waals surface area contributed by atoms with Gasteiger partial charge in [-0.05, 0) is 49.2 Å². The van der Waals surface area contributed by atoms with Gasteiger partial charge in [0.1, 0.15) is 17.3 Å². The summed E-state index contributed by atoms with van der Waals surface area (Å²) in [4.78, 5) is 19.4. The van der Waals surface area contributed by atoms with Crippen molar-refractivity contribution in [1.82, 2.24) is 4.98 Å². The van der Waals surface area contributed by atoms with Gasteiger partial charge in [-0.2, -0.15) is 0 Å². The summed E-state index contributed by atoms with van der Waals surface area (Å²) < 4.78 is 10.5. The smallest absolute Gasteiger partial charge is 0.257 e. The summed E-state index contributed by atoms with van der Waals surface area (Å²) in [6, 6.07) is 17.6. The van der Waals surface area contributed by atoms with Crippen molar-refractivity contribution in [3.8, 4) is 11.5 Å². The van der Waals surface area contributed by atoms with E-state index >= 15 is 0 Å². The number of nitrogens with zero attached hydrogens (tertiary/aromatic N) is 2. The first-order chi connectivity index (χ1) is 14.1. The molecule has 1 aliphatic rings. The lowest BCUT2D eigenvalue weighted by Crippen LogP contribution is -2.24. The Labute approximate surface area is 170 Å². The number of pyridine rings is 1. The first-order valence-corrected chi connectivity index (χ1v) is 9.46. The standard InChI is InChI=1S/C23H23N3O3/c1-15-10-16-6-4-5-7-21(16)26(15)18-8-9-22(24-14-18)25-23(27)17-11-19(28-2)13-20(12-17)29-3/h4-9,11-15H,10H2,1-3H3,(H,24,25,27). The third kappa shape index (κ3) is 3.74. The van der Waals surface area contributed by atoms with Crippen molar-refractivity contribution in [1.29, 1.82) is 0 Å². The second-order valence-corrected chi connectivity index (χ2v) is 7.01. The number of methoxy groups -OCH3 is 2. The second kappa shape index (κ2) is 7.83. The normalized spacial score (nSPS) is 15.0. The van der Waals surface area contributed by atoms with Crippen LogP contribution in [-0.2, 0) is 6.42 Å². The Kier molecular flexibility index (Phi) is 5.08. The van der Waals surface area contributed by atoms with Gasteiger partial charge in [0.2, 0.25) is 0 Å². The number of fused-ring (bicyclic) bond motifs is 1. The molecule has 1 aromatic heterocycles. The third-order valence-electron chi connectivity index (χ3n) is 5.09. The van der Waals surface area contributed by atoms with Crippen LogP contribution in [0.4, 0.5) is 17.2 Å².